The summed E-state index contributed by atoms with van der Waals surface area (Å²) in [7, 11) is 1.87. The van der Waals surface area contributed by atoms with Crippen molar-refractivity contribution in [2.24, 2.45) is 7.05 Å². The number of carbonyl (C=O) groups is 1. The first-order valence-electron chi connectivity index (χ1n) is 9.83. The van der Waals surface area contributed by atoms with Gasteiger partial charge in [0.25, 0.3) is 5.91 Å². The van der Waals surface area contributed by atoms with Crippen LogP contribution in [0.1, 0.15) is 54.1 Å². The van der Waals surface area contributed by atoms with Crippen LogP contribution in [0.3, 0.4) is 0 Å². The smallest absolute Gasteiger partial charge is 0.274 e. The summed E-state index contributed by atoms with van der Waals surface area (Å²) >= 11 is 0. The Morgan fingerprint density at radius 3 is 2.85 bits per heavy atom. The van der Waals surface area contributed by atoms with Crippen molar-refractivity contribution in [1.82, 2.24) is 24.2 Å². The molecule has 142 valence electrons. The molecule has 1 aromatic carbocycles. The van der Waals surface area contributed by atoms with E-state index in [0.717, 1.165) is 49.4 Å². The number of rotatable bonds is 4. The third-order valence-corrected chi connectivity index (χ3v) is 5.54. The number of aryl methyl sites for hydroxylation is 3. The highest BCUT2D eigenvalue weighted by Gasteiger charge is 2.30. The molecule has 4 rings (SSSR count). The fraction of sp³-hybridized carbons (Fsp3) is 0.476. The number of imidazole rings is 1. The maximum atomic E-state index is 12.9. The summed E-state index contributed by atoms with van der Waals surface area (Å²) in [6.07, 6.45) is 3.13. The standard InChI is InChI=1S/C21H27N5O/c1-4-11-26-19-10-6-5-9-17(19)22-20(26)16-8-7-12-25(14-16)21(27)18-13-15(2)24(3)23-18/h5-6,9-10,13,16H,4,7-8,11-12,14H2,1-3H3. The molecule has 6 nitrogen and oxygen atoms in total. The average Bonchev–Trinajstić information content (AvgIpc) is 3.22. The fourth-order valence-electron chi connectivity index (χ4n) is 4.06. The molecule has 0 radical (unpaired) electrons. The molecule has 1 amide bonds. The summed E-state index contributed by atoms with van der Waals surface area (Å²) in [6.45, 7) is 6.62. The molecule has 0 spiro atoms. The number of fused-ring (bicyclic) bond motifs is 1. The summed E-state index contributed by atoms with van der Waals surface area (Å²) in [5.74, 6) is 1.42. The maximum absolute atomic E-state index is 12.9. The van der Waals surface area contributed by atoms with Gasteiger partial charge in [-0.05, 0) is 44.4 Å². The lowest BCUT2D eigenvalue weighted by Crippen LogP contribution is -2.40. The van der Waals surface area contributed by atoms with Crippen LogP contribution in [0.25, 0.3) is 11.0 Å². The number of aromatic nitrogens is 4. The van der Waals surface area contributed by atoms with Crippen LogP contribution in [0, 0.1) is 6.92 Å². The van der Waals surface area contributed by atoms with E-state index >= 15 is 0 Å². The Morgan fingerprint density at radius 1 is 1.30 bits per heavy atom. The van der Waals surface area contributed by atoms with Crippen molar-refractivity contribution >= 4 is 16.9 Å². The average molecular weight is 365 g/mol. The molecule has 0 bridgehead atoms. The largest absolute Gasteiger partial charge is 0.337 e. The van der Waals surface area contributed by atoms with Crippen LogP contribution < -0.4 is 0 Å². The van der Waals surface area contributed by atoms with Crippen molar-refractivity contribution in [1.29, 1.82) is 0 Å². The number of benzene rings is 1. The minimum atomic E-state index is 0.0292. The first kappa shape index (κ1) is 17.8. The molecule has 1 fully saturated rings. The normalized spacial score (nSPS) is 17.6. The van der Waals surface area contributed by atoms with E-state index in [2.05, 4.69) is 34.8 Å². The van der Waals surface area contributed by atoms with Gasteiger partial charge in [-0.25, -0.2) is 4.98 Å². The maximum Gasteiger partial charge on any atom is 0.274 e. The molecule has 0 N–H and O–H groups in total. The van der Waals surface area contributed by atoms with Gasteiger partial charge in [-0.1, -0.05) is 19.1 Å². The van der Waals surface area contributed by atoms with Crippen molar-refractivity contribution in [3.05, 3.63) is 47.5 Å². The first-order valence-corrected chi connectivity index (χ1v) is 9.83. The van der Waals surface area contributed by atoms with Crippen molar-refractivity contribution in [3.63, 3.8) is 0 Å². The zero-order chi connectivity index (χ0) is 19.0. The Morgan fingerprint density at radius 2 is 2.11 bits per heavy atom. The number of para-hydroxylation sites is 2. The number of nitrogens with zero attached hydrogens (tertiary/aromatic N) is 5. The minimum absolute atomic E-state index is 0.0292. The van der Waals surface area contributed by atoms with Gasteiger partial charge in [0.1, 0.15) is 5.82 Å². The molecule has 27 heavy (non-hydrogen) atoms. The van der Waals surface area contributed by atoms with Crippen LogP contribution in [-0.2, 0) is 13.6 Å². The van der Waals surface area contributed by atoms with Gasteiger partial charge < -0.3 is 9.47 Å². The number of amides is 1. The van der Waals surface area contributed by atoms with Gasteiger partial charge in [0, 0.05) is 38.3 Å². The Labute approximate surface area is 159 Å². The second kappa shape index (κ2) is 7.18. The van der Waals surface area contributed by atoms with E-state index in [1.165, 1.54) is 5.52 Å². The summed E-state index contributed by atoms with van der Waals surface area (Å²) in [6, 6.07) is 10.2. The second-order valence-electron chi connectivity index (χ2n) is 7.50. The number of hydrogen-bond donors (Lipinski definition) is 0. The Bertz CT molecular complexity index is 951. The van der Waals surface area contributed by atoms with Crippen molar-refractivity contribution in [2.75, 3.05) is 13.1 Å². The number of carbonyl (C=O) groups excluding carboxylic acids is 1. The summed E-state index contributed by atoms with van der Waals surface area (Å²) in [4.78, 5) is 19.8. The highest BCUT2D eigenvalue weighted by atomic mass is 16.2. The zero-order valence-electron chi connectivity index (χ0n) is 16.4. The Kier molecular flexibility index (Phi) is 4.72. The van der Waals surface area contributed by atoms with Crippen molar-refractivity contribution in [2.45, 2.75) is 45.6 Å². The molecule has 1 atom stereocenters. The quantitative estimate of drug-likeness (QED) is 0.711. The van der Waals surface area contributed by atoms with Gasteiger partial charge >= 0.3 is 0 Å². The highest BCUT2D eigenvalue weighted by molar-refractivity contribution is 5.92. The molecule has 2 aromatic heterocycles. The van der Waals surface area contributed by atoms with Crippen molar-refractivity contribution < 1.29 is 4.79 Å². The SMILES string of the molecule is CCCn1c(C2CCCN(C(=O)c3cc(C)n(C)n3)C2)nc2ccccc21. The first-order chi connectivity index (χ1) is 13.1. The van der Waals surface area contributed by atoms with Crippen molar-refractivity contribution in [3.8, 4) is 0 Å². The molecule has 1 saturated heterocycles. The Hall–Kier alpha value is -2.63. The van der Waals surface area contributed by atoms with E-state index in [1.54, 1.807) is 4.68 Å². The van der Waals surface area contributed by atoms with Crippen LogP contribution in [0.5, 0.6) is 0 Å². The topological polar surface area (TPSA) is 56.0 Å². The monoisotopic (exact) mass is 365 g/mol. The lowest BCUT2D eigenvalue weighted by Gasteiger charge is -2.32. The molecular weight excluding hydrogens is 338 g/mol. The van der Waals surface area contributed by atoms with E-state index in [9.17, 15) is 4.79 Å². The molecule has 0 aliphatic carbocycles. The van der Waals surface area contributed by atoms with Gasteiger partial charge in [-0.3, -0.25) is 9.48 Å². The van der Waals surface area contributed by atoms with Crippen LogP contribution in [-0.4, -0.2) is 43.2 Å². The molecule has 0 saturated carbocycles. The third kappa shape index (κ3) is 3.24. The molecular formula is C21H27N5O. The molecule has 1 unspecified atom stereocenters. The predicted octanol–water partition coefficient (Wildman–Crippen LogP) is 3.51. The highest BCUT2D eigenvalue weighted by Crippen LogP contribution is 2.30. The van der Waals surface area contributed by atoms with Gasteiger partial charge in [0.2, 0.25) is 0 Å². The second-order valence-corrected chi connectivity index (χ2v) is 7.50. The number of hydrogen-bond acceptors (Lipinski definition) is 3. The van der Waals surface area contributed by atoms with Gasteiger partial charge in [-0.2, -0.15) is 5.10 Å². The molecule has 3 heterocycles. The molecule has 1 aliphatic heterocycles. The van der Waals surface area contributed by atoms with Gasteiger partial charge in [0.05, 0.1) is 11.0 Å². The van der Waals surface area contributed by atoms with E-state index in [-0.39, 0.29) is 11.8 Å². The zero-order valence-corrected chi connectivity index (χ0v) is 16.4. The number of likely N-dealkylation sites (tertiary alicyclic amines) is 1. The van der Waals surface area contributed by atoms with Crippen LogP contribution >= 0.6 is 0 Å². The van der Waals surface area contributed by atoms with Crippen LogP contribution in [0.4, 0.5) is 0 Å². The predicted molar refractivity (Wildman–Crippen MR) is 106 cm³/mol. The third-order valence-electron chi connectivity index (χ3n) is 5.54. The van der Waals surface area contributed by atoms with Gasteiger partial charge in [-0.15, -0.1) is 0 Å². The molecule has 3 aromatic rings. The molecule has 1 aliphatic rings. The molecule has 6 heteroatoms. The van der Waals surface area contributed by atoms with Crippen LogP contribution in [0.15, 0.2) is 30.3 Å². The Balaban J connectivity index is 1.62. The van der Waals surface area contributed by atoms with E-state index in [4.69, 9.17) is 4.98 Å². The lowest BCUT2D eigenvalue weighted by atomic mass is 9.96. The van der Waals surface area contributed by atoms with Crippen LogP contribution in [0.2, 0.25) is 0 Å². The lowest BCUT2D eigenvalue weighted by molar-refractivity contribution is 0.0696. The summed E-state index contributed by atoms with van der Waals surface area (Å²) in [5.41, 5.74) is 3.78. The minimum Gasteiger partial charge on any atom is -0.337 e. The number of piperidine rings is 1. The summed E-state index contributed by atoms with van der Waals surface area (Å²) < 4.78 is 4.11. The summed E-state index contributed by atoms with van der Waals surface area (Å²) in [5, 5.41) is 4.37. The van der Waals surface area contributed by atoms with E-state index in [0.29, 0.717) is 12.2 Å². The van der Waals surface area contributed by atoms with Gasteiger partial charge in [0.15, 0.2) is 5.69 Å². The van der Waals surface area contributed by atoms with E-state index < -0.39 is 0 Å². The van der Waals surface area contributed by atoms with E-state index in [1.807, 2.05) is 31.0 Å². The fourth-order valence-corrected chi connectivity index (χ4v) is 4.06.